The second kappa shape index (κ2) is 6.57. The zero-order valence-electron chi connectivity index (χ0n) is 14.9. The quantitative estimate of drug-likeness (QED) is 0.542. The lowest BCUT2D eigenvalue weighted by Crippen LogP contribution is -2.21. The van der Waals surface area contributed by atoms with E-state index in [9.17, 15) is 9.59 Å². The first-order valence-corrected chi connectivity index (χ1v) is 8.48. The van der Waals surface area contributed by atoms with Gasteiger partial charge in [0.05, 0.1) is 5.56 Å². The molecule has 2 aromatic rings. The SMILES string of the molecule is CNc1ccc2nc3cc(C(=O)Nc4cccc(C)c4)c(=O)cc-3oc2c1. The van der Waals surface area contributed by atoms with E-state index in [1.54, 1.807) is 6.07 Å². The van der Waals surface area contributed by atoms with E-state index in [1.165, 1.54) is 12.1 Å². The summed E-state index contributed by atoms with van der Waals surface area (Å²) in [7, 11) is 1.81. The van der Waals surface area contributed by atoms with Crippen molar-refractivity contribution in [1.29, 1.82) is 0 Å². The van der Waals surface area contributed by atoms with Crippen LogP contribution in [0.2, 0.25) is 0 Å². The average Bonchev–Trinajstić information content (AvgIpc) is 2.65. The zero-order chi connectivity index (χ0) is 19.0. The van der Waals surface area contributed by atoms with E-state index >= 15 is 0 Å². The molecule has 0 aromatic heterocycles. The summed E-state index contributed by atoms with van der Waals surface area (Å²) in [5, 5.41) is 5.78. The van der Waals surface area contributed by atoms with Gasteiger partial charge in [0, 0.05) is 30.6 Å². The summed E-state index contributed by atoms with van der Waals surface area (Å²) in [5.41, 5.74) is 3.80. The number of hydrogen-bond donors (Lipinski definition) is 2. The van der Waals surface area contributed by atoms with Crippen molar-refractivity contribution in [3.05, 3.63) is 75.9 Å². The largest absolute Gasteiger partial charge is 0.453 e. The molecule has 6 nitrogen and oxygen atoms in total. The minimum atomic E-state index is -0.472. The summed E-state index contributed by atoms with van der Waals surface area (Å²) < 4.78 is 5.80. The zero-order valence-corrected chi connectivity index (χ0v) is 14.9. The highest BCUT2D eigenvalue weighted by atomic mass is 16.3. The molecule has 0 spiro atoms. The van der Waals surface area contributed by atoms with Crippen LogP contribution in [-0.2, 0) is 0 Å². The van der Waals surface area contributed by atoms with Crippen LogP contribution in [0.5, 0.6) is 0 Å². The monoisotopic (exact) mass is 359 g/mol. The summed E-state index contributed by atoms with van der Waals surface area (Å²) in [6.07, 6.45) is 0. The van der Waals surface area contributed by atoms with Crippen LogP contribution in [0.3, 0.4) is 0 Å². The molecule has 0 atom stereocenters. The Labute approximate surface area is 155 Å². The van der Waals surface area contributed by atoms with Gasteiger partial charge in [-0.1, -0.05) is 12.1 Å². The fraction of sp³-hybridized carbons (Fsp3) is 0.0952. The molecule has 1 amide bonds. The summed E-state index contributed by atoms with van der Waals surface area (Å²) in [5.74, 6) is -0.132. The molecule has 0 saturated heterocycles. The molecular weight excluding hydrogens is 342 g/mol. The highest BCUT2D eigenvalue weighted by Gasteiger charge is 2.18. The van der Waals surface area contributed by atoms with Crippen LogP contribution in [0.25, 0.3) is 22.6 Å². The van der Waals surface area contributed by atoms with Gasteiger partial charge < -0.3 is 15.1 Å². The van der Waals surface area contributed by atoms with Gasteiger partial charge in [-0.3, -0.25) is 9.59 Å². The first kappa shape index (κ1) is 16.8. The molecular formula is C21H17N3O3. The van der Waals surface area contributed by atoms with Crippen LogP contribution >= 0.6 is 0 Å². The highest BCUT2D eigenvalue weighted by Crippen LogP contribution is 2.26. The minimum Gasteiger partial charge on any atom is -0.453 e. The molecule has 1 heterocycles. The van der Waals surface area contributed by atoms with Gasteiger partial charge in [0.25, 0.3) is 5.91 Å². The van der Waals surface area contributed by atoms with Gasteiger partial charge in [-0.25, -0.2) is 4.98 Å². The molecule has 27 heavy (non-hydrogen) atoms. The van der Waals surface area contributed by atoms with Gasteiger partial charge in [-0.15, -0.1) is 0 Å². The Balaban J connectivity index is 1.76. The third-order valence-corrected chi connectivity index (χ3v) is 4.29. The number of anilines is 2. The van der Waals surface area contributed by atoms with Crippen LogP contribution < -0.4 is 16.1 Å². The standard InChI is InChI=1S/C21H17N3O3/c1-12-4-3-5-14(8-12)23-21(26)15-10-17-20(11-18(15)25)27-19-9-13(22-2)6-7-16(19)24-17/h3-11,22H,1-2H3,(H,23,26). The topological polar surface area (TPSA) is 84.2 Å². The maximum Gasteiger partial charge on any atom is 0.259 e. The predicted molar refractivity (Wildman–Crippen MR) is 106 cm³/mol. The van der Waals surface area contributed by atoms with Gasteiger partial charge in [0.15, 0.2) is 16.8 Å². The van der Waals surface area contributed by atoms with Gasteiger partial charge in [0.2, 0.25) is 0 Å². The number of nitrogens with one attached hydrogen (secondary N) is 2. The van der Waals surface area contributed by atoms with Crippen molar-refractivity contribution in [3.63, 3.8) is 0 Å². The van der Waals surface area contributed by atoms with Crippen LogP contribution in [-0.4, -0.2) is 17.9 Å². The smallest absolute Gasteiger partial charge is 0.259 e. The number of amides is 1. The van der Waals surface area contributed by atoms with Crippen molar-refractivity contribution < 1.29 is 9.21 Å². The molecule has 2 aliphatic rings. The van der Waals surface area contributed by atoms with Crippen molar-refractivity contribution >= 4 is 28.4 Å². The number of aryl methyl sites for hydroxylation is 1. The molecule has 2 N–H and O–H groups in total. The van der Waals surface area contributed by atoms with Crippen LogP contribution in [0, 0.1) is 6.92 Å². The lowest BCUT2D eigenvalue weighted by molar-refractivity contribution is 0.102. The Morgan fingerprint density at radius 2 is 1.89 bits per heavy atom. The molecule has 1 aliphatic heterocycles. The molecule has 6 heteroatoms. The van der Waals surface area contributed by atoms with Crippen LogP contribution in [0.15, 0.2) is 63.8 Å². The number of hydrogen-bond acceptors (Lipinski definition) is 5. The Morgan fingerprint density at radius 3 is 2.67 bits per heavy atom. The van der Waals surface area contributed by atoms with Crippen molar-refractivity contribution in [2.45, 2.75) is 6.92 Å². The average molecular weight is 359 g/mol. The van der Waals surface area contributed by atoms with Crippen molar-refractivity contribution in [2.24, 2.45) is 0 Å². The maximum absolute atomic E-state index is 12.6. The number of aromatic nitrogens is 1. The fourth-order valence-electron chi connectivity index (χ4n) is 2.91. The number of nitrogens with zero attached hydrogens (tertiary/aromatic N) is 1. The number of carbonyl (C=O) groups is 1. The molecule has 0 saturated carbocycles. The van der Waals surface area contributed by atoms with Crippen LogP contribution in [0.4, 0.5) is 11.4 Å². The van der Waals surface area contributed by atoms with Gasteiger partial charge in [-0.05, 0) is 42.8 Å². The molecule has 0 bridgehead atoms. The molecule has 0 radical (unpaired) electrons. The van der Waals surface area contributed by atoms with E-state index in [1.807, 2.05) is 50.4 Å². The Morgan fingerprint density at radius 1 is 1.04 bits per heavy atom. The first-order chi connectivity index (χ1) is 13.0. The number of fused-ring (bicyclic) bond motifs is 2. The lowest BCUT2D eigenvalue weighted by Gasteiger charge is -2.10. The summed E-state index contributed by atoms with van der Waals surface area (Å²) in [6, 6.07) is 15.7. The fourth-order valence-corrected chi connectivity index (χ4v) is 2.91. The molecule has 0 fully saturated rings. The Hall–Kier alpha value is -3.67. The minimum absolute atomic E-state index is 0.0258. The summed E-state index contributed by atoms with van der Waals surface area (Å²) >= 11 is 0. The van der Waals surface area contributed by atoms with E-state index in [2.05, 4.69) is 15.6 Å². The van der Waals surface area contributed by atoms with Crippen molar-refractivity contribution in [3.8, 4) is 11.5 Å². The highest BCUT2D eigenvalue weighted by molar-refractivity contribution is 6.05. The number of benzene rings is 3. The van der Waals surface area contributed by atoms with Crippen molar-refractivity contribution in [2.75, 3.05) is 17.7 Å². The third-order valence-electron chi connectivity index (χ3n) is 4.29. The third kappa shape index (κ3) is 3.25. The maximum atomic E-state index is 12.6. The van der Waals surface area contributed by atoms with E-state index in [0.29, 0.717) is 28.2 Å². The molecule has 134 valence electrons. The lowest BCUT2D eigenvalue weighted by atomic mass is 10.1. The van der Waals surface area contributed by atoms with E-state index in [4.69, 9.17) is 4.42 Å². The van der Waals surface area contributed by atoms with Crippen molar-refractivity contribution in [1.82, 2.24) is 4.98 Å². The first-order valence-electron chi connectivity index (χ1n) is 8.48. The summed E-state index contributed by atoms with van der Waals surface area (Å²) in [4.78, 5) is 29.5. The second-order valence-corrected chi connectivity index (χ2v) is 6.29. The Kier molecular flexibility index (Phi) is 4.08. The van der Waals surface area contributed by atoms with Gasteiger partial charge in [-0.2, -0.15) is 0 Å². The number of carbonyl (C=O) groups excluding carboxylic acids is 1. The predicted octanol–water partition coefficient (Wildman–Crippen LogP) is 3.90. The van der Waals surface area contributed by atoms with E-state index in [-0.39, 0.29) is 5.56 Å². The van der Waals surface area contributed by atoms with E-state index in [0.717, 1.165) is 11.3 Å². The van der Waals surface area contributed by atoms with Gasteiger partial charge in [0.1, 0.15) is 11.2 Å². The van der Waals surface area contributed by atoms with Gasteiger partial charge >= 0.3 is 0 Å². The molecule has 2 aromatic carbocycles. The Bertz CT molecular complexity index is 1200. The molecule has 4 rings (SSSR count). The van der Waals surface area contributed by atoms with E-state index < -0.39 is 11.3 Å². The normalized spacial score (nSPS) is 10.9. The summed E-state index contributed by atoms with van der Waals surface area (Å²) in [6.45, 7) is 1.93. The number of rotatable bonds is 3. The second-order valence-electron chi connectivity index (χ2n) is 6.29. The van der Waals surface area contributed by atoms with Crippen LogP contribution in [0.1, 0.15) is 15.9 Å². The molecule has 0 unspecified atom stereocenters. The molecule has 1 aliphatic carbocycles.